The average molecular weight is 237 g/mol. The van der Waals surface area contributed by atoms with Crippen molar-refractivity contribution in [2.75, 3.05) is 13.3 Å². The van der Waals surface area contributed by atoms with Gasteiger partial charge in [0.2, 0.25) is 0 Å². The Hall–Kier alpha value is -2.24. The van der Waals surface area contributed by atoms with Gasteiger partial charge in [-0.15, -0.1) is 5.06 Å². The molecule has 0 atom stereocenters. The summed E-state index contributed by atoms with van der Waals surface area (Å²) in [6, 6.07) is 6.73. The maximum Gasteiger partial charge on any atom is 0.533 e. The van der Waals surface area contributed by atoms with Gasteiger partial charge in [0.1, 0.15) is 5.75 Å². The predicted molar refractivity (Wildman–Crippen MR) is 56.2 cm³/mol. The number of hydrogen-bond donors (Lipinski definition) is 0. The zero-order valence-corrected chi connectivity index (χ0v) is 9.21. The maximum atomic E-state index is 11.9. The molecule has 6 heteroatoms. The summed E-state index contributed by atoms with van der Waals surface area (Å²) in [5.41, 5.74) is 0.350. The molecule has 0 saturated heterocycles. The fraction of sp³-hybridized carbons (Fsp3) is 0.273. The summed E-state index contributed by atoms with van der Waals surface area (Å²) in [5.74, 6) is 0.0427. The van der Waals surface area contributed by atoms with Crippen molar-refractivity contribution in [2.45, 2.75) is 6.92 Å². The Morgan fingerprint density at radius 1 is 1.47 bits per heavy atom. The molecule has 0 radical (unpaired) electrons. The number of ether oxygens (including phenoxy) is 2. The predicted octanol–water partition coefficient (Wildman–Crippen LogP) is 1.57. The van der Waals surface area contributed by atoms with Crippen molar-refractivity contribution in [3.63, 3.8) is 0 Å². The molecule has 2 rings (SSSR count). The lowest BCUT2D eigenvalue weighted by Gasteiger charge is -2.26. The first-order chi connectivity index (χ1) is 8.22. The lowest BCUT2D eigenvalue weighted by Crippen LogP contribution is -2.40. The molecule has 1 aromatic rings. The summed E-state index contributed by atoms with van der Waals surface area (Å²) in [6.45, 7) is 1.68. The quantitative estimate of drug-likeness (QED) is 0.730. The summed E-state index contributed by atoms with van der Waals surface area (Å²) in [5, 5.41) is 0.820. The van der Waals surface area contributed by atoms with E-state index in [-0.39, 0.29) is 13.3 Å². The molecular formula is C11H11NO5. The summed E-state index contributed by atoms with van der Waals surface area (Å²) < 4.78 is 9.83. The molecule has 1 heterocycles. The number of para-hydroxylation sites is 1. The van der Waals surface area contributed by atoms with Crippen LogP contribution in [0.2, 0.25) is 0 Å². The van der Waals surface area contributed by atoms with Crippen molar-refractivity contribution in [2.24, 2.45) is 0 Å². The van der Waals surface area contributed by atoms with Crippen LogP contribution in [0.25, 0.3) is 0 Å². The lowest BCUT2D eigenvalue weighted by molar-refractivity contribution is -0.132. The third kappa shape index (κ3) is 2.30. The van der Waals surface area contributed by atoms with Crippen LogP contribution in [0.15, 0.2) is 24.3 Å². The van der Waals surface area contributed by atoms with Crippen LogP contribution in [0.4, 0.5) is 4.79 Å². The van der Waals surface area contributed by atoms with E-state index < -0.39 is 12.1 Å². The van der Waals surface area contributed by atoms with Crippen LogP contribution >= 0.6 is 0 Å². The number of carbonyl (C=O) groups is 2. The Morgan fingerprint density at radius 2 is 2.24 bits per heavy atom. The molecule has 0 fully saturated rings. The summed E-state index contributed by atoms with van der Waals surface area (Å²) in [4.78, 5) is 27.6. The highest BCUT2D eigenvalue weighted by atomic mass is 16.8. The maximum absolute atomic E-state index is 11.9. The second kappa shape index (κ2) is 4.73. The largest absolute Gasteiger partial charge is 0.533 e. The molecule has 1 aromatic carbocycles. The number of benzene rings is 1. The van der Waals surface area contributed by atoms with Crippen LogP contribution in [0.5, 0.6) is 5.75 Å². The average Bonchev–Trinajstić information content (AvgIpc) is 2.33. The van der Waals surface area contributed by atoms with Gasteiger partial charge in [0.25, 0.3) is 5.91 Å². The third-order valence-electron chi connectivity index (χ3n) is 2.13. The van der Waals surface area contributed by atoms with Crippen molar-refractivity contribution >= 4 is 12.1 Å². The number of hydroxylamine groups is 2. The number of carbonyl (C=O) groups excluding carboxylic acids is 2. The molecule has 17 heavy (non-hydrogen) atoms. The number of nitrogens with zero attached hydrogens (tertiary/aromatic N) is 1. The zero-order valence-electron chi connectivity index (χ0n) is 9.21. The highest BCUT2D eigenvalue weighted by Crippen LogP contribution is 2.24. The normalized spacial score (nSPS) is 13.7. The fourth-order valence-corrected chi connectivity index (χ4v) is 1.39. The highest BCUT2D eigenvalue weighted by Gasteiger charge is 2.28. The van der Waals surface area contributed by atoms with Gasteiger partial charge in [0.05, 0.1) is 12.2 Å². The minimum absolute atomic E-state index is 0.144. The van der Waals surface area contributed by atoms with E-state index in [0.717, 1.165) is 5.06 Å². The van der Waals surface area contributed by atoms with Crippen LogP contribution in [0.1, 0.15) is 17.3 Å². The molecule has 90 valence electrons. The van der Waals surface area contributed by atoms with Crippen LogP contribution in [0, 0.1) is 0 Å². The molecule has 0 spiro atoms. The summed E-state index contributed by atoms with van der Waals surface area (Å²) in [7, 11) is 0. The Morgan fingerprint density at radius 3 is 3.00 bits per heavy atom. The Balaban J connectivity index is 2.10. The van der Waals surface area contributed by atoms with Crippen molar-refractivity contribution in [3.8, 4) is 5.75 Å². The summed E-state index contributed by atoms with van der Waals surface area (Å²) in [6.07, 6.45) is -0.927. The van der Waals surface area contributed by atoms with Gasteiger partial charge in [0.15, 0.2) is 6.73 Å². The minimum Gasteiger partial charge on any atom is -0.469 e. The number of rotatable bonds is 2. The molecule has 0 aromatic heterocycles. The van der Waals surface area contributed by atoms with Crippen LogP contribution in [0.3, 0.4) is 0 Å². The van der Waals surface area contributed by atoms with E-state index in [1.165, 1.54) is 0 Å². The van der Waals surface area contributed by atoms with Gasteiger partial charge in [-0.3, -0.25) is 9.63 Å². The number of hydrogen-bond acceptors (Lipinski definition) is 5. The van der Waals surface area contributed by atoms with E-state index >= 15 is 0 Å². The first kappa shape index (κ1) is 11.3. The van der Waals surface area contributed by atoms with Crippen molar-refractivity contribution in [1.29, 1.82) is 0 Å². The molecule has 6 nitrogen and oxygen atoms in total. The van der Waals surface area contributed by atoms with E-state index in [2.05, 4.69) is 4.74 Å². The molecular weight excluding hydrogens is 226 g/mol. The Kier molecular flexibility index (Phi) is 3.13. The zero-order chi connectivity index (χ0) is 12.3. The third-order valence-corrected chi connectivity index (χ3v) is 2.13. The second-order valence-electron chi connectivity index (χ2n) is 3.23. The smallest absolute Gasteiger partial charge is 0.469 e. The highest BCUT2D eigenvalue weighted by molar-refractivity contribution is 5.97. The van der Waals surface area contributed by atoms with E-state index in [1.54, 1.807) is 31.2 Å². The Labute approximate surface area is 97.6 Å². The van der Waals surface area contributed by atoms with Gasteiger partial charge < -0.3 is 9.47 Å². The van der Waals surface area contributed by atoms with Gasteiger partial charge in [-0.25, -0.2) is 4.79 Å². The lowest BCUT2D eigenvalue weighted by atomic mass is 10.2. The molecule has 1 aliphatic rings. The number of amides is 1. The molecule has 0 bridgehead atoms. The van der Waals surface area contributed by atoms with Gasteiger partial charge in [-0.05, 0) is 19.1 Å². The van der Waals surface area contributed by atoms with E-state index in [0.29, 0.717) is 11.3 Å². The molecule has 1 aliphatic heterocycles. The Bertz CT molecular complexity index is 445. The van der Waals surface area contributed by atoms with Gasteiger partial charge in [0, 0.05) is 0 Å². The second-order valence-corrected chi connectivity index (χ2v) is 3.23. The molecule has 0 aliphatic carbocycles. The van der Waals surface area contributed by atoms with Crippen molar-refractivity contribution in [3.05, 3.63) is 29.8 Å². The molecule has 1 amide bonds. The number of fused-ring (bicyclic) bond motifs is 1. The first-order valence-electron chi connectivity index (χ1n) is 5.10. The summed E-state index contributed by atoms with van der Waals surface area (Å²) >= 11 is 0. The molecule has 0 saturated carbocycles. The topological polar surface area (TPSA) is 65.1 Å². The van der Waals surface area contributed by atoms with Gasteiger partial charge in [-0.2, -0.15) is 0 Å². The van der Waals surface area contributed by atoms with Crippen LogP contribution in [-0.4, -0.2) is 30.5 Å². The van der Waals surface area contributed by atoms with Crippen LogP contribution in [-0.2, 0) is 9.57 Å². The van der Waals surface area contributed by atoms with Gasteiger partial charge >= 0.3 is 6.16 Å². The van der Waals surface area contributed by atoms with E-state index in [9.17, 15) is 9.59 Å². The van der Waals surface area contributed by atoms with Crippen LogP contribution < -0.4 is 4.74 Å². The van der Waals surface area contributed by atoms with Crippen molar-refractivity contribution in [1.82, 2.24) is 5.06 Å². The minimum atomic E-state index is -0.927. The van der Waals surface area contributed by atoms with E-state index in [4.69, 9.17) is 9.57 Å². The molecule has 0 N–H and O–H groups in total. The SMILES string of the molecule is CCOC(=O)ON1COc2ccccc2C1=O. The van der Waals surface area contributed by atoms with Gasteiger partial charge in [-0.1, -0.05) is 12.1 Å². The fourth-order valence-electron chi connectivity index (χ4n) is 1.39. The first-order valence-corrected chi connectivity index (χ1v) is 5.10. The monoisotopic (exact) mass is 237 g/mol. The standard InChI is InChI=1S/C11H11NO5/c1-2-15-11(14)17-12-7-16-9-6-4-3-5-8(9)10(12)13/h3-6H,2,7H2,1H3. The van der Waals surface area contributed by atoms with E-state index in [1.807, 2.05) is 0 Å². The van der Waals surface area contributed by atoms with Crippen molar-refractivity contribution < 1.29 is 23.9 Å². The molecule has 0 unspecified atom stereocenters.